The number of aromatic nitrogens is 1. The van der Waals surface area contributed by atoms with Gasteiger partial charge in [0, 0.05) is 31.7 Å². The van der Waals surface area contributed by atoms with Gasteiger partial charge in [0.1, 0.15) is 5.78 Å². The molecule has 1 aromatic heterocycles. The number of piperidine rings is 1. The minimum absolute atomic E-state index is 0.0809. The SMILES string of the molecule is COc1cc2c(cc1OC)C1CC(=O)C(c3cc(CO[Si](C)(C)C(C)(C)C)ccn3)CN1CC2. The van der Waals surface area contributed by atoms with Gasteiger partial charge >= 0.3 is 0 Å². The second kappa shape index (κ2) is 9.44. The number of benzene rings is 1. The standard InChI is InChI=1S/C27H38N2O4Si/c1-27(2,3)34(6,7)33-17-18-8-10-28-22(12-18)21-16-29-11-9-19-13-25(31-4)26(32-5)14-20(19)23(29)15-24(21)30/h8,10,12-14,21,23H,9,11,15-17H2,1-7H3. The topological polar surface area (TPSA) is 60.9 Å². The molecule has 2 aliphatic heterocycles. The number of hydrogen-bond donors (Lipinski definition) is 0. The molecule has 2 aromatic rings. The van der Waals surface area contributed by atoms with Gasteiger partial charge in [0.25, 0.3) is 0 Å². The van der Waals surface area contributed by atoms with E-state index in [9.17, 15) is 4.79 Å². The molecule has 2 aliphatic rings. The zero-order valence-corrected chi connectivity index (χ0v) is 22.6. The van der Waals surface area contributed by atoms with Gasteiger partial charge in [-0.3, -0.25) is 14.7 Å². The van der Waals surface area contributed by atoms with Crippen molar-refractivity contribution in [3.63, 3.8) is 0 Å². The number of pyridine rings is 1. The van der Waals surface area contributed by atoms with E-state index in [1.54, 1.807) is 14.2 Å². The highest BCUT2D eigenvalue weighted by atomic mass is 28.4. The summed E-state index contributed by atoms with van der Waals surface area (Å²) < 4.78 is 17.4. The Morgan fingerprint density at radius 2 is 1.82 bits per heavy atom. The highest BCUT2D eigenvalue weighted by Crippen LogP contribution is 2.43. The predicted octanol–water partition coefficient (Wildman–Crippen LogP) is 5.28. The first-order chi connectivity index (χ1) is 16.0. The van der Waals surface area contributed by atoms with Crippen molar-refractivity contribution in [1.29, 1.82) is 0 Å². The summed E-state index contributed by atoms with van der Waals surface area (Å²) in [7, 11) is 1.47. The number of hydrogen-bond acceptors (Lipinski definition) is 6. The molecule has 2 unspecified atom stereocenters. The highest BCUT2D eigenvalue weighted by Gasteiger charge is 2.40. The van der Waals surface area contributed by atoms with Crippen molar-refractivity contribution in [2.75, 3.05) is 27.3 Å². The van der Waals surface area contributed by atoms with Crippen LogP contribution in [0.3, 0.4) is 0 Å². The Morgan fingerprint density at radius 3 is 2.50 bits per heavy atom. The van der Waals surface area contributed by atoms with Crippen molar-refractivity contribution in [1.82, 2.24) is 9.88 Å². The lowest BCUT2D eigenvalue weighted by Crippen LogP contribution is -2.45. The van der Waals surface area contributed by atoms with Crippen molar-refractivity contribution < 1.29 is 18.7 Å². The molecule has 0 spiro atoms. The molecule has 0 bridgehead atoms. The maximum absolute atomic E-state index is 13.3. The van der Waals surface area contributed by atoms with Gasteiger partial charge in [0.05, 0.1) is 32.4 Å². The molecule has 1 saturated heterocycles. The summed E-state index contributed by atoms with van der Waals surface area (Å²) in [6.45, 7) is 13.4. The first-order valence-corrected chi connectivity index (χ1v) is 15.0. The van der Waals surface area contributed by atoms with Crippen LogP contribution in [0.5, 0.6) is 11.5 Å². The van der Waals surface area contributed by atoms with Crippen molar-refractivity contribution >= 4 is 14.1 Å². The van der Waals surface area contributed by atoms with Crippen molar-refractivity contribution in [3.8, 4) is 11.5 Å². The van der Waals surface area contributed by atoms with E-state index in [4.69, 9.17) is 13.9 Å². The number of rotatable bonds is 6. The normalized spacial score (nSPS) is 21.1. The fourth-order valence-electron chi connectivity index (χ4n) is 4.72. The lowest BCUT2D eigenvalue weighted by atomic mass is 9.81. The minimum Gasteiger partial charge on any atom is -0.493 e. The smallest absolute Gasteiger partial charge is 0.192 e. The Balaban J connectivity index is 1.52. The molecule has 0 aliphatic carbocycles. The molecule has 0 N–H and O–H groups in total. The van der Waals surface area contributed by atoms with E-state index in [0.29, 0.717) is 25.3 Å². The first kappa shape index (κ1) is 24.9. The van der Waals surface area contributed by atoms with Gasteiger partial charge in [-0.2, -0.15) is 0 Å². The first-order valence-electron chi connectivity index (χ1n) is 12.1. The molecular formula is C27H38N2O4Si. The average molecular weight is 483 g/mol. The van der Waals surface area contributed by atoms with E-state index in [-0.39, 0.29) is 22.8 Å². The number of ether oxygens (including phenoxy) is 2. The highest BCUT2D eigenvalue weighted by molar-refractivity contribution is 6.74. The van der Waals surface area contributed by atoms with Gasteiger partial charge in [-0.15, -0.1) is 0 Å². The molecule has 4 rings (SSSR count). The number of methoxy groups -OCH3 is 2. The molecule has 0 saturated carbocycles. The van der Waals surface area contributed by atoms with Gasteiger partial charge in [0.2, 0.25) is 0 Å². The molecule has 0 radical (unpaired) electrons. The quantitative estimate of drug-likeness (QED) is 0.522. The number of carbonyl (C=O) groups excluding carboxylic acids is 1. The summed E-state index contributed by atoms with van der Waals surface area (Å²) in [6, 6.07) is 8.27. The molecule has 1 aromatic carbocycles. The molecular weight excluding hydrogens is 444 g/mol. The Bertz CT molecular complexity index is 1060. The molecule has 2 atom stereocenters. The number of ketones is 1. The van der Waals surface area contributed by atoms with Crippen molar-refractivity contribution in [2.24, 2.45) is 0 Å². The third kappa shape index (κ3) is 4.79. The molecule has 184 valence electrons. The second-order valence-electron chi connectivity index (χ2n) is 11.0. The maximum atomic E-state index is 13.3. The zero-order chi connectivity index (χ0) is 24.7. The number of carbonyl (C=O) groups is 1. The summed E-state index contributed by atoms with van der Waals surface area (Å²) in [6.07, 6.45) is 3.24. The van der Waals surface area contributed by atoms with Crippen molar-refractivity contribution in [2.45, 2.75) is 70.3 Å². The van der Waals surface area contributed by atoms with Crippen LogP contribution in [-0.2, 0) is 22.2 Å². The van der Waals surface area contributed by atoms with Crippen LogP contribution in [0.15, 0.2) is 30.5 Å². The van der Waals surface area contributed by atoms with Crippen LogP contribution < -0.4 is 9.47 Å². The van der Waals surface area contributed by atoms with E-state index < -0.39 is 8.32 Å². The van der Waals surface area contributed by atoms with Crippen LogP contribution in [0.4, 0.5) is 0 Å². The minimum atomic E-state index is -1.84. The van der Waals surface area contributed by atoms with E-state index in [0.717, 1.165) is 30.0 Å². The zero-order valence-electron chi connectivity index (χ0n) is 21.6. The lowest BCUT2D eigenvalue weighted by molar-refractivity contribution is -0.125. The largest absolute Gasteiger partial charge is 0.493 e. The summed E-state index contributed by atoms with van der Waals surface area (Å²) in [5.74, 6) is 1.51. The second-order valence-corrected chi connectivity index (χ2v) is 15.8. The van der Waals surface area contributed by atoms with Gasteiger partial charge in [-0.1, -0.05) is 20.8 Å². The molecule has 1 fully saturated rings. The number of fused-ring (bicyclic) bond motifs is 3. The van der Waals surface area contributed by atoms with Gasteiger partial charge in [-0.25, -0.2) is 0 Å². The summed E-state index contributed by atoms with van der Waals surface area (Å²) >= 11 is 0. The van der Waals surface area contributed by atoms with Gasteiger partial charge < -0.3 is 13.9 Å². The Morgan fingerprint density at radius 1 is 1.12 bits per heavy atom. The van der Waals surface area contributed by atoms with Crippen molar-refractivity contribution in [3.05, 3.63) is 52.8 Å². The third-order valence-corrected chi connectivity index (χ3v) is 12.4. The fraction of sp³-hybridized carbons (Fsp3) is 0.556. The average Bonchev–Trinajstić information content (AvgIpc) is 2.81. The van der Waals surface area contributed by atoms with Gasteiger partial charge in [0.15, 0.2) is 19.8 Å². The van der Waals surface area contributed by atoms with Crippen LogP contribution >= 0.6 is 0 Å². The van der Waals surface area contributed by atoms with E-state index in [1.807, 2.05) is 12.3 Å². The van der Waals surface area contributed by atoms with Crippen LogP contribution in [0.1, 0.15) is 61.5 Å². The van der Waals surface area contributed by atoms with E-state index >= 15 is 0 Å². The Kier molecular flexibility index (Phi) is 6.91. The predicted molar refractivity (Wildman–Crippen MR) is 136 cm³/mol. The maximum Gasteiger partial charge on any atom is 0.192 e. The summed E-state index contributed by atoms with van der Waals surface area (Å²) in [5, 5.41) is 0.161. The molecule has 3 heterocycles. The number of Topliss-reactive ketones (excluding diaryl/α,β-unsaturated/α-hetero) is 1. The Hall–Kier alpha value is -2.22. The lowest BCUT2D eigenvalue weighted by Gasteiger charge is -2.43. The third-order valence-electron chi connectivity index (χ3n) is 7.92. The molecule has 34 heavy (non-hydrogen) atoms. The molecule has 0 amide bonds. The van der Waals surface area contributed by atoms with Crippen LogP contribution in [-0.4, -0.2) is 51.3 Å². The van der Waals surface area contributed by atoms with E-state index in [2.05, 4.69) is 61.9 Å². The fourth-order valence-corrected chi connectivity index (χ4v) is 5.68. The van der Waals surface area contributed by atoms with Crippen LogP contribution in [0.2, 0.25) is 18.1 Å². The number of nitrogens with zero attached hydrogens (tertiary/aromatic N) is 2. The summed E-state index contributed by atoms with van der Waals surface area (Å²) in [5.41, 5.74) is 4.37. The monoisotopic (exact) mass is 482 g/mol. The van der Waals surface area contributed by atoms with E-state index in [1.165, 1.54) is 11.1 Å². The summed E-state index contributed by atoms with van der Waals surface area (Å²) in [4.78, 5) is 20.4. The van der Waals surface area contributed by atoms with Crippen LogP contribution in [0.25, 0.3) is 0 Å². The van der Waals surface area contributed by atoms with Crippen LogP contribution in [0, 0.1) is 0 Å². The molecule has 7 heteroatoms. The van der Waals surface area contributed by atoms with Gasteiger partial charge in [-0.05, 0) is 65.5 Å². The Labute approximate surface area is 204 Å². The molecule has 6 nitrogen and oxygen atoms in total.